The summed E-state index contributed by atoms with van der Waals surface area (Å²) in [5.41, 5.74) is 24.7. The average Bonchev–Trinajstić information content (AvgIpc) is 3.60. The Bertz CT molecular complexity index is 3070. The van der Waals surface area contributed by atoms with E-state index < -0.39 is 0 Å². The van der Waals surface area contributed by atoms with Crippen molar-refractivity contribution < 1.29 is 0 Å². The van der Waals surface area contributed by atoms with Crippen LogP contribution in [0.1, 0.15) is 192 Å². The van der Waals surface area contributed by atoms with E-state index in [4.69, 9.17) is 0 Å². The minimum absolute atomic E-state index is 0.00519. The molecule has 0 atom stereocenters. The maximum absolute atomic E-state index is 2.75. The maximum Gasteiger partial charge on any atom is 0.264 e. The molecule has 0 spiro atoms. The molecule has 2 nitrogen and oxygen atoms in total. The van der Waals surface area contributed by atoms with Crippen LogP contribution < -0.4 is 25.5 Å². The van der Waals surface area contributed by atoms with E-state index in [9.17, 15) is 0 Å². The summed E-state index contributed by atoms with van der Waals surface area (Å²) in [7, 11) is 0. The third kappa shape index (κ3) is 6.31. The minimum Gasteiger partial charge on any atom is -0.311 e. The molecule has 0 unspecified atom stereocenters. The number of rotatable bonds is 2. The van der Waals surface area contributed by atoms with Gasteiger partial charge in [-0.1, -0.05) is 128 Å². The molecule has 0 saturated carbocycles. The molecule has 0 saturated heterocycles. The van der Waals surface area contributed by atoms with Crippen molar-refractivity contribution in [1.82, 2.24) is 0 Å². The van der Waals surface area contributed by atoms with Gasteiger partial charge in [0, 0.05) is 43.3 Å². The molecule has 5 aromatic carbocycles. The number of anilines is 6. The second-order valence-electron chi connectivity index (χ2n) is 26.8. The molecule has 1 aromatic heterocycles. The Morgan fingerprint density at radius 1 is 0.485 bits per heavy atom. The first-order chi connectivity index (χ1) is 30.6. The lowest BCUT2D eigenvalue weighted by molar-refractivity contribution is 0.332. The SMILES string of the molecule is Cc1cc2c3c(c1)N(c1cc(C(C)(C)C)ccc1C)c1c(sc4cc5c(cc14)C(C)(C)CCC5(C)C)B3c1cc3c(cc1N2c1ccc2c(c1)C(C)(C)CCC2(C)C)C(C)(C)CCC3(C)C. The first-order valence-electron chi connectivity index (χ1n) is 25.4. The van der Waals surface area contributed by atoms with E-state index in [1.54, 1.807) is 11.1 Å². The monoisotopic (exact) mass is 891 g/mol. The third-order valence-electron chi connectivity index (χ3n) is 18.2. The van der Waals surface area contributed by atoms with Gasteiger partial charge in [0.15, 0.2) is 0 Å². The predicted molar refractivity (Wildman–Crippen MR) is 290 cm³/mol. The number of benzene rings is 5. The fourth-order valence-electron chi connectivity index (χ4n) is 13.3. The van der Waals surface area contributed by atoms with Crippen LogP contribution in [0.5, 0.6) is 0 Å². The second kappa shape index (κ2) is 13.7. The lowest BCUT2D eigenvalue weighted by Crippen LogP contribution is -2.61. The molecular weight excluding hydrogens is 816 g/mol. The van der Waals surface area contributed by atoms with E-state index in [0.717, 1.165) is 0 Å². The number of aryl methyl sites for hydroxylation is 2. The molecular formula is C62H75BN2S. The average molecular weight is 891 g/mol. The van der Waals surface area contributed by atoms with Gasteiger partial charge in [-0.05, 0) is 200 Å². The summed E-state index contributed by atoms with van der Waals surface area (Å²) < 4.78 is 2.91. The van der Waals surface area contributed by atoms with E-state index in [1.165, 1.54) is 137 Å². The quantitative estimate of drug-likeness (QED) is 0.160. The summed E-state index contributed by atoms with van der Waals surface area (Å²) in [5, 5.41) is 1.41. The molecule has 3 aliphatic carbocycles. The fourth-order valence-corrected chi connectivity index (χ4v) is 14.6. The molecule has 0 radical (unpaired) electrons. The van der Waals surface area contributed by atoms with Crippen LogP contribution in [0.2, 0.25) is 0 Å². The highest BCUT2D eigenvalue weighted by molar-refractivity contribution is 7.33. The van der Waals surface area contributed by atoms with Crippen LogP contribution >= 0.6 is 11.3 Å². The first kappa shape index (κ1) is 44.2. The highest BCUT2D eigenvalue weighted by Crippen LogP contribution is 2.56. The van der Waals surface area contributed by atoms with Gasteiger partial charge in [0.25, 0.3) is 6.71 Å². The van der Waals surface area contributed by atoms with Crippen LogP contribution in [0.15, 0.2) is 72.8 Å². The lowest BCUT2D eigenvalue weighted by atomic mass is 9.35. The summed E-state index contributed by atoms with van der Waals surface area (Å²) in [6.45, 7) is 41.7. The molecule has 5 aliphatic rings. The largest absolute Gasteiger partial charge is 0.311 e. The van der Waals surface area contributed by atoms with Crippen molar-refractivity contribution in [3.8, 4) is 0 Å². The lowest BCUT2D eigenvalue weighted by Gasteiger charge is -2.47. The summed E-state index contributed by atoms with van der Waals surface area (Å²) in [6.07, 6.45) is 7.21. The van der Waals surface area contributed by atoms with Crippen LogP contribution in [-0.4, -0.2) is 6.71 Å². The summed E-state index contributed by atoms with van der Waals surface area (Å²) in [5.74, 6) is 0. The van der Waals surface area contributed by atoms with Gasteiger partial charge in [0.05, 0.1) is 5.69 Å². The van der Waals surface area contributed by atoms with Crippen LogP contribution in [0.4, 0.5) is 34.1 Å². The Morgan fingerprint density at radius 2 is 0.985 bits per heavy atom. The molecule has 66 heavy (non-hydrogen) atoms. The number of hydrogen-bond acceptors (Lipinski definition) is 3. The van der Waals surface area contributed by atoms with Crippen molar-refractivity contribution in [3.63, 3.8) is 0 Å². The standard InChI is InChI=1S/C62H75BN2S/c1-36-28-50-53-51(29-36)65(48-30-38(56(3,4)5)19-18-37(48)2)54-40-32-43-46(62(16,17)27-24-59(43,10)11)35-52(40)66-55(54)63(53)47-33-44-45(61(14,15)26-25-60(44,12)13)34-49(47)64(50)39-20-21-41-42(31-39)58(8,9)23-22-57(41,6)7/h18-21,28-35H,22-27H2,1-17H3. The fraction of sp³-hybridized carbons (Fsp3) is 0.484. The molecule has 11 rings (SSSR count). The van der Waals surface area contributed by atoms with Crippen LogP contribution in [-0.2, 0) is 37.9 Å². The molecule has 3 heterocycles. The molecule has 2 aliphatic heterocycles. The molecule has 0 N–H and O–H groups in total. The third-order valence-corrected chi connectivity index (χ3v) is 19.4. The van der Waals surface area contributed by atoms with Crippen molar-refractivity contribution in [2.45, 2.75) is 194 Å². The second-order valence-corrected chi connectivity index (χ2v) is 27.9. The summed E-state index contributed by atoms with van der Waals surface area (Å²) >= 11 is 2.09. The van der Waals surface area contributed by atoms with Gasteiger partial charge in [0.2, 0.25) is 0 Å². The van der Waals surface area contributed by atoms with Crippen molar-refractivity contribution in [2.24, 2.45) is 0 Å². The molecule has 0 bridgehead atoms. The zero-order valence-corrected chi connectivity index (χ0v) is 44.4. The highest BCUT2D eigenvalue weighted by Gasteiger charge is 2.49. The van der Waals surface area contributed by atoms with Gasteiger partial charge in [-0.25, -0.2) is 0 Å². The molecule has 342 valence electrons. The van der Waals surface area contributed by atoms with Gasteiger partial charge >= 0.3 is 0 Å². The molecule has 0 amide bonds. The predicted octanol–water partition coefficient (Wildman–Crippen LogP) is 15.9. The number of fused-ring (bicyclic) bond motifs is 9. The van der Waals surface area contributed by atoms with Crippen LogP contribution in [0.3, 0.4) is 0 Å². The highest BCUT2D eigenvalue weighted by atomic mass is 32.1. The molecule has 0 fully saturated rings. The van der Waals surface area contributed by atoms with Crippen molar-refractivity contribution in [3.05, 3.63) is 123 Å². The molecule has 4 heteroatoms. The summed E-state index contributed by atoms with van der Waals surface area (Å²) in [4.78, 5) is 5.48. The van der Waals surface area contributed by atoms with Crippen LogP contribution in [0.25, 0.3) is 10.1 Å². The van der Waals surface area contributed by atoms with Gasteiger partial charge in [-0.2, -0.15) is 0 Å². The Balaban J connectivity index is 1.29. The van der Waals surface area contributed by atoms with Crippen molar-refractivity contribution >= 4 is 78.0 Å². The van der Waals surface area contributed by atoms with E-state index in [-0.39, 0.29) is 44.6 Å². The van der Waals surface area contributed by atoms with Crippen LogP contribution in [0, 0.1) is 13.8 Å². The first-order valence-corrected chi connectivity index (χ1v) is 26.2. The maximum atomic E-state index is 2.75. The minimum atomic E-state index is 0.00519. The van der Waals surface area contributed by atoms with Gasteiger partial charge in [-0.3, -0.25) is 0 Å². The van der Waals surface area contributed by atoms with Gasteiger partial charge in [-0.15, -0.1) is 11.3 Å². The smallest absolute Gasteiger partial charge is 0.264 e. The Kier molecular flexibility index (Phi) is 9.19. The molecule has 6 aromatic rings. The van der Waals surface area contributed by atoms with Crippen molar-refractivity contribution in [1.29, 1.82) is 0 Å². The number of hydrogen-bond donors (Lipinski definition) is 0. The zero-order chi connectivity index (χ0) is 47.2. The van der Waals surface area contributed by atoms with Crippen molar-refractivity contribution in [2.75, 3.05) is 9.80 Å². The van der Waals surface area contributed by atoms with E-state index in [0.29, 0.717) is 0 Å². The van der Waals surface area contributed by atoms with E-state index >= 15 is 0 Å². The van der Waals surface area contributed by atoms with E-state index in [2.05, 4.69) is 212 Å². The Labute approximate surface area is 402 Å². The summed E-state index contributed by atoms with van der Waals surface area (Å²) in [6, 6.07) is 30.7. The van der Waals surface area contributed by atoms with Gasteiger partial charge in [0.1, 0.15) is 0 Å². The van der Waals surface area contributed by atoms with E-state index in [1.807, 2.05) is 0 Å². The zero-order valence-electron chi connectivity index (χ0n) is 43.6. The topological polar surface area (TPSA) is 6.48 Å². The number of nitrogens with zero attached hydrogens (tertiary/aromatic N) is 2. The Hall–Kier alpha value is -4.28. The number of thiophene rings is 1. The normalized spacial score (nSPS) is 21.1. The Morgan fingerprint density at radius 3 is 1.56 bits per heavy atom. The van der Waals surface area contributed by atoms with Gasteiger partial charge < -0.3 is 9.80 Å².